The average molecular weight is 244 g/mol. The predicted molar refractivity (Wildman–Crippen MR) is 72.5 cm³/mol. The lowest BCUT2D eigenvalue weighted by molar-refractivity contribution is 0.351. The lowest BCUT2D eigenvalue weighted by atomic mass is 9.95. The summed E-state index contributed by atoms with van der Waals surface area (Å²) >= 11 is 0. The van der Waals surface area contributed by atoms with Gasteiger partial charge in [0.25, 0.3) is 0 Å². The molecule has 1 aliphatic carbocycles. The summed E-state index contributed by atoms with van der Waals surface area (Å²) in [5.74, 6) is 1.65. The molecule has 3 rings (SSSR count). The fourth-order valence-corrected chi connectivity index (χ4v) is 3.06. The minimum Gasteiger partial charge on any atom is -0.441 e. The van der Waals surface area contributed by atoms with E-state index in [2.05, 4.69) is 10.3 Å². The lowest BCUT2D eigenvalue weighted by Crippen LogP contribution is -2.34. The van der Waals surface area contributed by atoms with Gasteiger partial charge in [0.1, 0.15) is 5.52 Å². The Kier molecular flexibility index (Phi) is 3.33. The number of nitrogens with one attached hydrogen (secondary N) is 1. The maximum Gasteiger partial charge on any atom is 0.197 e. The predicted octanol–water partition coefficient (Wildman–Crippen LogP) is 3.15. The number of hydrogen-bond donors (Lipinski definition) is 1. The van der Waals surface area contributed by atoms with Crippen LogP contribution < -0.4 is 5.32 Å². The van der Waals surface area contributed by atoms with Gasteiger partial charge in [-0.2, -0.15) is 0 Å². The first-order valence-corrected chi connectivity index (χ1v) is 6.88. The van der Waals surface area contributed by atoms with Gasteiger partial charge < -0.3 is 9.73 Å². The molecule has 0 spiro atoms. The number of para-hydroxylation sites is 2. The summed E-state index contributed by atoms with van der Waals surface area (Å²) < 4.78 is 5.81. The molecule has 0 saturated heterocycles. The van der Waals surface area contributed by atoms with Crippen molar-refractivity contribution in [3.05, 3.63) is 30.2 Å². The standard InChI is InChI=1S/C15H20N2O/c1-16-13(11-6-2-3-7-11)10-15-17-12-8-4-5-9-14(12)18-15/h4-5,8-9,11,13,16H,2-3,6-7,10H2,1H3. The number of fused-ring (bicyclic) bond motifs is 1. The number of aromatic nitrogens is 1. The molecule has 1 N–H and O–H groups in total. The molecule has 0 radical (unpaired) electrons. The topological polar surface area (TPSA) is 38.1 Å². The summed E-state index contributed by atoms with van der Waals surface area (Å²) in [6, 6.07) is 8.48. The first kappa shape index (κ1) is 11.7. The largest absolute Gasteiger partial charge is 0.441 e. The summed E-state index contributed by atoms with van der Waals surface area (Å²) in [4.78, 5) is 4.57. The van der Waals surface area contributed by atoms with E-state index in [1.54, 1.807) is 0 Å². The van der Waals surface area contributed by atoms with E-state index >= 15 is 0 Å². The van der Waals surface area contributed by atoms with Gasteiger partial charge in [0.05, 0.1) is 0 Å². The van der Waals surface area contributed by atoms with E-state index < -0.39 is 0 Å². The normalized spacial score (nSPS) is 18.5. The summed E-state index contributed by atoms with van der Waals surface area (Å²) in [7, 11) is 2.05. The van der Waals surface area contributed by atoms with E-state index in [1.807, 2.05) is 31.3 Å². The van der Waals surface area contributed by atoms with Crippen LogP contribution in [0.4, 0.5) is 0 Å². The van der Waals surface area contributed by atoms with Gasteiger partial charge in [-0.05, 0) is 37.9 Å². The van der Waals surface area contributed by atoms with Gasteiger partial charge in [-0.3, -0.25) is 0 Å². The Hall–Kier alpha value is -1.35. The number of benzene rings is 1. The highest BCUT2D eigenvalue weighted by atomic mass is 16.3. The van der Waals surface area contributed by atoms with Crippen LogP contribution in [0.5, 0.6) is 0 Å². The SMILES string of the molecule is CNC(Cc1nc2ccccc2o1)C1CCCC1. The van der Waals surface area contributed by atoms with Crippen LogP contribution in [0.3, 0.4) is 0 Å². The van der Waals surface area contributed by atoms with Crippen molar-refractivity contribution in [2.75, 3.05) is 7.05 Å². The zero-order valence-corrected chi connectivity index (χ0v) is 10.9. The third-order valence-corrected chi connectivity index (χ3v) is 4.07. The highest BCUT2D eigenvalue weighted by Crippen LogP contribution is 2.29. The highest BCUT2D eigenvalue weighted by molar-refractivity contribution is 5.72. The molecule has 0 aliphatic heterocycles. The Morgan fingerprint density at radius 1 is 1.33 bits per heavy atom. The molecule has 2 aromatic rings. The van der Waals surface area contributed by atoms with E-state index in [4.69, 9.17) is 4.42 Å². The second-order valence-electron chi connectivity index (χ2n) is 5.22. The van der Waals surface area contributed by atoms with Gasteiger partial charge >= 0.3 is 0 Å². The van der Waals surface area contributed by atoms with Crippen molar-refractivity contribution in [1.82, 2.24) is 10.3 Å². The van der Waals surface area contributed by atoms with Crippen molar-refractivity contribution in [2.45, 2.75) is 38.1 Å². The van der Waals surface area contributed by atoms with E-state index in [0.717, 1.165) is 29.3 Å². The highest BCUT2D eigenvalue weighted by Gasteiger charge is 2.25. The Bertz CT molecular complexity index is 481. The average Bonchev–Trinajstić information content (AvgIpc) is 3.04. The first-order valence-electron chi connectivity index (χ1n) is 6.88. The number of nitrogens with zero attached hydrogens (tertiary/aromatic N) is 1. The number of hydrogen-bond acceptors (Lipinski definition) is 3. The third kappa shape index (κ3) is 2.27. The summed E-state index contributed by atoms with van der Waals surface area (Å²) in [5, 5.41) is 3.44. The molecule has 1 aromatic carbocycles. The fraction of sp³-hybridized carbons (Fsp3) is 0.533. The second kappa shape index (κ2) is 5.11. The number of rotatable bonds is 4. The van der Waals surface area contributed by atoms with Gasteiger partial charge in [-0.1, -0.05) is 25.0 Å². The summed E-state index contributed by atoms with van der Waals surface area (Å²) in [6.07, 6.45) is 6.32. The van der Waals surface area contributed by atoms with Crippen LogP contribution in [0.2, 0.25) is 0 Å². The van der Waals surface area contributed by atoms with Crippen LogP contribution in [-0.4, -0.2) is 18.1 Å². The zero-order chi connectivity index (χ0) is 12.4. The van der Waals surface area contributed by atoms with Gasteiger partial charge in [0.15, 0.2) is 11.5 Å². The van der Waals surface area contributed by atoms with Crippen molar-refractivity contribution >= 4 is 11.1 Å². The van der Waals surface area contributed by atoms with Crippen molar-refractivity contribution in [1.29, 1.82) is 0 Å². The molecule has 1 aliphatic rings. The summed E-state index contributed by atoms with van der Waals surface area (Å²) in [6.45, 7) is 0. The maximum atomic E-state index is 5.81. The molecule has 1 unspecified atom stereocenters. The van der Waals surface area contributed by atoms with Gasteiger partial charge in [0, 0.05) is 12.5 Å². The van der Waals surface area contributed by atoms with Crippen LogP contribution >= 0.6 is 0 Å². The molecule has 1 aromatic heterocycles. The molecular formula is C15H20N2O. The minimum absolute atomic E-state index is 0.501. The first-order chi connectivity index (χ1) is 8.86. The van der Waals surface area contributed by atoms with E-state index in [-0.39, 0.29) is 0 Å². The Morgan fingerprint density at radius 3 is 2.83 bits per heavy atom. The minimum atomic E-state index is 0.501. The fourth-order valence-electron chi connectivity index (χ4n) is 3.06. The molecular weight excluding hydrogens is 224 g/mol. The van der Waals surface area contributed by atoms with Crippen molar-refractivity contribution in [2.24, 2.45) is 5.92 Å². The van der Waals surface area contributed by atoms with E-state index in [1.165, 1.54) is 25.7 Å². The second-order valence-corrected chi connectivity index (χ2v) is 5.22. The van der Waals surface area contributed by atoms with Crippen molar-refractivity contribution < 1.29 is 4.42 Å². The molecule has 1 heterocycles. The molecule has 0 amide bonds. The smallest absolute Gasteiger partial charge is 0.197 e. The Balaban J connectivity index is 1.77. The van der Waals surface area contributed by atoms with Crippen molar-refractivity contribution in [3.8, 4) is 0 Å². The summed E-state index contributed by atoms with van der Waals surface area (Å²) in [5.41, 5.74) is 1.86. The quantitative estimate of drug-likeness (QED) is 0.897. The Labute approximate surface area is 108 Å². The van der Waals surface area contributed by atoms with Gasteiger partial charge in [0.2, 0.25) is 0 Å². The van der Waals surface area contributed by atoms with Gasteiger partial charge in [-0.15, -0.1) is 0 Å². The van der Waals surface area contributed by atoms with Crippen molar-refractivity contribution in [3.63, 3.8) is 0 Å². The lowest BCUT2D eigenvalue weighted by Gasteiger charge is -2.21. The van der Waals surface area contributed by atoms with E-state index in [0.29, 0.717) is 6.04 Å². The Morgan fingerprint density at radius 2 is 2.11 bits per heavy atom. The molecule has 18 heavy (non-hydrogen) atoms. The van der Waals surface area contributed by atoms with Gasteiger partial charge in [-0.25, -0.2) is 4.98 Å². The van der Waals surface area contributed by atoms with E-state index in [9.17, 15) is 0 Å². The number of likely N-dealkylation sites (N-methyl/N-ethyl adjacent to an activating group) is 1. The molecule has 96 valence electrons. The molecule has 1 fully saturated rings. The molecule has 0 bridgehead atoms. The number of oxazole rings is 1. The maximum absolute atomic E-state index is 5.81. The molecule has 1 atom stereocenters. The molecule has 3 nitrogen and oxygen atoms in total. The molecule has 1 saturated carbocycles. The van der Waals surface area contributed by atoms with Crippen LogP contribution in [0, 0.1) is 5.92 Å². The third-order valence-electron chi connectivity index (χ3n) is 4.07. The van der Waals surface area contributed by atoms with Crippen LogP contribution in [0.1, 0.15) is 31.6 Å². The van der Waals surface area contributed by atoms with Crippen LogP contribution in [0.25, 0.3) is 11.1 Å². The monoisotopic (exact) mass is 244 g/mol. The van der Waals surface area contributed by atoms with Crippen LogP contribution in [-0.2, 0) is 6.42 Å². The molecule has 3 heteroatoms. The zero-order valence-electron chi connectivity index (χ0n) is 10.9. The van der Waals surface area contributed by atoms with Crippen LogP contribution in [0.15, 0.2) is 28.7 Å².